The zero-order chi connectivity index (χ0) is 22.8. The van der Waals surface area contributed by atoms with Crippen LogP contribution in [0.5, 0.6) is 5.75 Å². The van der Waals surface area contributed by atoms with Gasteiger partial charge in [0, 0.05) is 38.0 Å². The van der Waals surface area contributed by atoms with Crippen LogP contribution in [0, 0.1) is 0 Å². The second kappa shape index (κ2) is 8.82. The first-order chi connectivity index (χ1) is 15.4. The number of carbonyl (C=O) groups is 2. The molecule has 2 amide bonds. The normalized spacial score (nSPS) is 17.0. The van der Waals surface area contributed by atoms with Gasteiger partial charge in [-0.15, -0.1) is 0 Å². The van der Waals surface area contributed by atoms with Crippen LogP contribution in [-0.2, 0) is 13.5 Å². The molecule has 8 heteroatoms. The summed E-state index contributed by atoms with van der Waals surface area (Å²) in [5.74, 6) is -1.17. The Kier molecular flexibility index (Phi) is 5.94. The average molecular weight is 436 g/mol. The number of amides is 2. The molecule has 166 valence electrons. The molecule has 2 atom stereocenters. The van der Waals surface area contributed by atoms with Gasteiger partial charge in [0.1, 0.15) is 18.5 Å². The number of primary amides is 1. The number of aromatic nitrogens is 2. The molecule has 1 aromatic heterocycles. The van der Waals surface area contributed by atoms with E-state index in [-0.39, 0.29) is 17.2 Å². The molecule has 32 heavy (non-hydrogen) atoms. The Hall–Kier alpha value is -3.68. The number of hydrogen-bond donors (Lipinski definition) is 1. The highest BCUT2D eigenvalue weighted by Crippen LogP contribution is 2.45. The molecule has 0 fully saturated rings. The summed E-state index contributed by atoms with van der Waals surface area (Å²) in [5, 5.41) is 4.14. The second-order valence-corrected chi connectivity index (χ2v) is 8.00. The maximum Gasteiger partial charge on any atom is 0.253 e. The molecule has 1 aliphatic heterocycles. The predicted molar refractivity (Wildman–Crippen MR) is 118 cm³/mol. The number of likely N-dealkylation sites (N-methyl/N-ethyl adjacent to an activating group) is 1. The Morgan fingerprint density at radius 1 is 1.25 bits per heavy atom. The fourth-order valence-corrected chi connectivity index (χ4v) is 4.13. The van der Waals surface area contributed by atoms with Gasteiger partial charge in [-0.05, 0) is 29.7 Å². The van der Waals surface area contributed by atoms with Gasteiger partial charge in [-0.25, -0.2) is 4.39 Å². The van der Waals surface area contributed by atoms with Crippen molar-refractivity contribution in [2.24, 2.45) is 12.8 Å². The molecule has 0 radical (unpaired) electrons. The lowest BCUT2D eigenvalue weighted by Crippen LogP contribution is -2.29. The average Bonchev–Trinajstić information content (AvgIpc) is 3.39. The van der Waals surface area contributed by atoms with Gasteiger partial charge in [-0.3, -0.25) is 14.3 Å². The van der Waals surface area contributed by atoms with Crippen molar-refractivity contribution < 1.29 is 18.7 Å². The first-order valence-corrected chi connectivity index (χ1v) is 10.4. The van der Waals surface area contributed by atoms with Gasteiger partial charge in [-0.1, -0.05) is 30.3 Å². The lowest BCUT2D eigenvalue weighted by atomic mass is 9.86. The second-order valence-electron chi connectivity index (χ2n) is 8.00. The van der Waals surface area contributed by atoms with Crippen LogP contribution in [0.3, 0.4) is 0 Å². The van der Waals surface area contributed by atoms with E-state index in [0.717, 1.165) is 11.1 Å². The van der Waals surface area contributed by atoms with Crippen molar-refractivity contribution in [1.29, 1.82) is 0 Å². The van der Waals surface area contributed by atoms with Gasteiger partial charge in [0.05, 0.1) is 17.7 Å². The van der Waals surface area contributed by atoms with E-state index in [0.29, 0.717) is 24.1 Å². The summed E-state index contributed by atoms with van der Waals surface area (Å²) in [6.07, 6.45) is 3.51. The van der Waals surface area contributed by atoms with Crippen LogP contribution in [0.2, 0.25) is 0 Å². The molecule has 1 aliphatic rings. The van der Waals surface area contributed by atoms with Gasteiger partial charge < -0.3 is 15.4 Å². The first kappa shape index (κ1) is 21.5. The van der Waals surface area contributed by atoms with Crippen molar-refractivity contribution in [1.82, 2.24) is 14.7 Å². The number of benzene rings is 2. The number of rotatable bonds is 7. The molecule has 0 saturated heterocycles. The Morgan fingerprint density at radius 2 is 2.00 bits per heavy atom. The standard InChI is InChI=1S/C24H25FN4O3/c1-28(9-8-15-13-27-29(2)14-15)24(31)17-10-18-21(16-6-4-3-5-7-16)20(12-25)32-22(18)19(11-17)23(26)30/h3-7,10-11,13-14,20-21H,8-9,12H2,1-2H3,(H2,26,30). The topological polar surface area (TPSA) is 90.5 Å². The number of carbonyl (C=O) groups excluding carboxylic acids is 2. The maximum atomic E-state index is 13.9. The third-order valence-corrected chi connectivity index (χ3v) is 5.76. The molecule has 2 unspecified atom stereocenters. The van der Waals surface area contributed by atoms with Crippen LogP contribution in [0.1, 0.15) is 43.3 Å². The largest absolute Gasteiger partial charge is 0.486 e. The SMILES string of the molecule is CN(CCc1cnn(C)c1)C(=O)c1cc(C(N)=O)c2c(c1)C(c1ccccc1)C(CF)O2. The number of hydrogen-bond acceptors (Lipinski definition) is 4. The van der Waals surface area contributed by atoms with E-state index < -0.39 is 24.6 Å². The molecule has 4 rings (SSSR count). The molecule has 3 aromatic rings. The van der Waals surface area contributed by atoms with Crippen molar-refractivity contribution in [2.75, 3.05) is 20.3 Å². The highest BCUT2D eigenvalue weighted by atomic mass is 19.1. The van der Waals surface area contributed by atoms with Crippen LogP contribution < -0.4 is 10.5 Å². The van der Waals surface area contributed by atoms with E-state index in [2.05, 4.69) is 5.10 Å². The van der Waals surface area contributed by atoms with Crippen molar-refractivity contribution in [3.05, 3.63) is 82.7 Å². The molecule has 0 saturated carbocycles. The monoisotopic (exact) mass is 436 g/mol. The Labute approximate surface area is 185 Å². The Balaban J connectivity index is 1.67. The number of aryl methyl sites for hydroxylation is 1. The van der Waals surface area contributed by atoms with Crippen LogP contribution in [-0.4, -0.2) is 52.9 Å². The molecule has 7 nitrogen and oxygen atoms in total. The van der Waals surface area contributed by atoms with Crippen molar-refractivity contribution in [2.45, 2.75) is 18.4 Å². The minimum atomic E-state index is -0.792. The molecule has 2 aromatic carbocycles. The van der Waals surface area contributed by atoms with Gasteiger partial charge in [0.15, 0.2) is 0 Å². The lowest BCUT2D eigenvalue weighted by molar-refractivity contribution is 0.0796. The summed E-state index contributed by atoms with van der Waals surface area (Å²) in [6.45, 7) is -0.264. The summed E-state index contributed by atoms with van der Waals surface area (Å²) in [6, 6.07) is 12.5. The fourth-order valence-electron chi connectivity index (χ4n) is 4.13. The molecular formula is C24H25FN4O3. The summed E-state index contributed by atoms with van der Waals surface area (Å²) in [7, 11) is 3.54. The number of alkyl halides is 1. The van der Waals surface area contributed by atoms with E-state index >= 15 is 0 Å². The molecule has 2 heterocycles. The summed E-state index contributed by atoms with van der Waals surface area (Å²) in [4.78, 5) is 26.9. The summed E-state index contributed by atoms with van der Waals surface area (Å²) in [5.41, 5.74) is 8.45. The summed E-state index contributed by atoms with van der Waals surface area (Å²) < 4.78 is 21.4. The fraction of sp³-hybridized carbons (Fsp3) is 0.292. The molecular weight excluding hydrogens is 411 g/mol. The van der Waals surface area contributed by atoms with E-state index in [9.17, 15) is 14.0 Å². The first-order valence-electron chi connectivity index (χ1n) is 10.4. The minimum Gasteiger partial charge on any atom is -0.486 e. The van der Waals surface area contributed by atoms with Crippen molar-refractivity contribution in [3.8, 4) is 5.75 Å². The van der Waals surface area contributed by atoms with Crippen LogP contribution in [0.25, 0.3) is 0 Å². The quantitative estimate of drug-likeness (QED) is 0.617. The molecule has 2 N–H and O–H groups in total. The number of ether oxygens (including phenoxy) is 1. The number of halogens is 1. The molecule has 0 aliphatic carbocycles. The highest BCUT2D eigenvalue weighted by molar-refractivity contribution is 6.01. The number of fused-ring (bicyclic) bond motifs is 1. The number of nitrogens with zero attached hydrogens (tertiary/aromatic N) is 3. The lowest BCUT2D eigenvalue weighted by Gasteiger charge is -2.19. The van der Waals surface area contributed by atoms with Crippen LogP contribution >= 0.6 is 0 Å². The third-order valence-electron chi connectivity index (χ3n) is 5.76. The molecule has 0 bridgehead atoms. The molecule has 0 spiro atoms. The smallest absolute Gasteiger partial charge is 0.253 e. The Bertz CT molecular complexity index is 1150. The Morgan fingerprint density at radius 3 is 2.62 bits per heavy atom. The predicted octanol–water partition coefficient (Wildman–Crippen LogP) is 2.70. The third kappa shape index (κ3) is 4.08. The maximum absolute atomic E-state index is 13.9. The van der Waals surface area contributed by atoms with E-state index in [1.54, 1.807) is 28.9 Å². The van der Waals surface area contributed by atoms with E-state index in [1.807, 2.05) is 43.6 Å². The van der Waals surface area contributed by atoms with Gasteiger partial charge in [0.25, 0.3) is 11.8 Å². The van der Waals surface area contributed by atoms with E-state index in [1.165, 1.54) is 6.07 Å². The minimum absolute atomic E-state index is 0.0865. The van der Waals surface area contributed by atoms with Crippen molar-refractivity contribution in [3.63, 3.8) is 0 Å². The van der Waals surface area contributed by atoms with Gasteiger partial charge in [-0.2, -0.15) is 5.10 Å². The zero-order valence-electron chi connectivity index (χ0n) is 18.0. The summed E-state index contributed by atoms with van der Waals surface area (Å²) >= 11 is 0. The van der Waals surface area contributed by atoms with E-state index in [4.69, 9.17) is 10.5 Å². The van der Waals surface area contributed by atoms with Crippen LogP contribution in [0.4, 0.5) is 4.39 Å². The zero-order valence-corrected chi connectivity index (χ0v) is 18.0. The van der Waals surface area contributed by atoms with Gasteiger partial charge >= 0.3 is 0 Å². The van der Waals surface area contributed by atoms with Gasteiger partial charge in [0.2, 0.25) is 0 Å². The highest BCUT2D eigenvalue weighted by Gasteiger charge is 2.39. The van der Waals surface area contributed by atoms with Crippen LogP contribution in [0.15, 0.2) is 54.9 Å². The number of nitrogens with two attached hydrogens (primary N) is 1. The van der Waals surface area contributed by atoms with Crippen molar-refractivity contribution >= 4 is 11.8 Å².